The van der Waals surface area contributed by atoms with Crippen molar-refractivity contribution in [2.75, 3.05) is 5.88 Å². The molecule has 0 spiro atoms. The molecule has 38 valence electrons. The summed E-state index contributed by atoms with van der Waals surface area (Å²) in [7, 11) is 0. The Morgan fingerprint density at radius 1 is 1.86 bits per heavy atom. The van der Waals surface area contributed by atoms with Crippen LogP contribution in [0, 0.1) is 4.91 Å². The van der Waals surface area contributed by atoms with E-state index in [-0.39, 0.29) is 5.88 Å². The van der Waals surface area contributed by atoms with Crippen LogP contribution in [-0.4, -0.2) is 15.2 Å². The summed E-state index contributed by atoms with van der Waals surface area (Å²) in [6, 6.07) is 0. The molecule has 0 aromatic rings. The van der Waals surface area contributed by atoms with Gasteiger partial charge in [-0.15, -0.1) is 0 Å². The third kappa shape index (κ3) is 1.01. The summed E-state index contributed by atoms with van der Waals surface area (Å²) < 4.78 is 10.9. The largest absolute Gasteiger partial charge is 0.607 e. The van der Waals surface area contributed by atoms with Gasteiger partial charge < -0.3 is 4.55 Å². The standard InChI is InChI=1S/C3H4NO2S/c5-4-1-2-7(6)3-4/h1-2H,3H2/q+1. The maximum atomic E-state index is 10.2. The zero-order valence-electron chi connectivity index (χ0n) is 3.53. The van der Waals surface area contributed by atoms with Crippen LogP contribution in [0.25, 0.3) is 0 Å². The van der Waals surface area contributed by atoms with Gasteiger partial charge in [0, 0.05) is 4.91 Å². The van der Waals surface area contributed by atoms with Gasteiger partial charge in [-0.05, 0) is 0 Å². The third-order valence-electron chi connectivity index (χ3n) is 0.633. The van der Waals surface area contributed by atoms with E-state index in [4.69, 9.17) is 0 Å². The minimum atomic E-state index is -1.02. The van der Waals surface area contributed by atoms with Crippen LogP contribution >= 0.6 is 0 Å². The van der Waals surface area contributed by atoms with Crippen LogP contribution in [0.3, 0.4) is 0 Å². The highest BCUT2D eigenvalue weighted by atomic mass is 32.2. The van der Waals surface area contributed by atoms with E-state index in [0.29, 0.717) is 4.76 Å². The van der Waals surface area contributed by atoms with Crippen LogP contribution in [0.15, 0.2) is 11.6 Å². The highest BCUT2D eigenvalue weighted by Gasteiger charge is 2.22. The lowest BCUT2D eigenvalue weighted by molar-refractivity contribution is -0.453. The van der Waals surface area contributed by atoms with Crippen LogP contribution in [0.5, 0.6) is 0 Å². The quantitative estimate of drug-likeness (QED) is 0.331. The van der Waals surface area contributed by atoms with Gasteiger partial charge in [0.25, 0.3) is 6.20 Å². The Bertz CT molecular complexity index is 122. The van der Waals surface area contributed by atoms with Gasteiger partial charge in [0.05, 0.1) is 15.9 Å². The molecular weight excluding hydrogens is 114 g/mol. The van der Waals surface area contributed by atoms with Crippen molar-refractivity contribution in [3.8, 4) is 0 Å². The van der Waals surface area contributed by atoms with E-state index < -0.39 is 11.2 Å². The second kappa shape index (κ2) is 1.63. The smallest absolute Gasteiger partial charge is 0.348 e. The van der Waals surface area contributed by atoms with Crippen molar-refractivity contribution >= 4 is 11.2 Å². The van der Waals surface area contributed by atoms with Crippen molar-refractivity contribution in [1.82, 2.24) is 0 Å². The number of hydrogen-bond donors (Lipinski definition) is 0. The Balaban J connectivity index is 2.58. The molecule has 1 rings (SSSR count). The summed E-state index contributed by atoms with van der Waals surface area (Å²) in [6.45, 7) is 0. The molecule has 0 aromatic carbocycles. The van der Waals surface area contributed by atoms with Crippen LogP contribution in [-0.2, 0) is 11.2 Å². The molecular formula is C3H4NO2S+. The first kappa shape index (κ1) is 4.80. The molecule has 1 aliphatic rings. The summed E-state index contributed by atoms with van der Waals surface area (Å²) in [5, 5.41) is 1.38. The average Bonchev–Trinajstić information content (AvgIpc) is 1.87. The van der Waals surface area contributed by atoms with E-state index in [1.807, 2.05) is 0 Å². The molecule has 4 heteroatoms. The molecule has 7 heavy (non-hydrogen) atoms. The Morgan fingerprint density at radius 3 is 2.71 bits per heavy atom. The zero-order valence-corrected chi connectivity index (χ0v) is 4.35. The summed E-state index contributed by atoms with van der Waals surface area (Å²) in [5.74, 6) is 0.111. The van der Waals surface area contributed by atoms with E-state index in [9.17, 15) is 9.46 Å². The molecule has 0 N–H and O–H groups in total. The number of nitrogens with zero attached hydrogens (tertiary/aromatic N) is 1. The first-order valence-electron chi connectivity index (χ1n) is 1.78. The first-order valence-corrected chi connectivity index (χ1v) is 3.16. The highest BCUT2D eigenvalue weighted by Crippen LogP contribution is 2.00. The fourth-order valence-corrected chi connectivity index (χ4v) is 1.04. The minimum Gasteiger partial charge on any atom is -0.607 e. The van der Waals surface area contributed by atoms with Gasteiger partial charge in [0.1, 0.15) is 0 Å². The Hall–Kier alpha value is -0.350. The maximum Gasteiger partial charge on any atom is 0.348 e. The average molecular weight is 118 g/mol. The minimum absolute atomic E-state index is 0.111. The summed E-state index contributed by atoms with van der Waals surface area (Å²) in [6.07, 6.45) is 1.27. The fraction of sp³-hybridized carbons (Fsp3) is 0.333. The molecule has 0 saturated carbocycles. The maximum absolute atomic E-state index is 10.2. The van der Waals surface area contributed by atoms with Crippen LogP contribution in [0.4, 0.5) is 0 Å². The van der Waals surface area contributed by atoms with E-state index in [1.165, 1.54) is 11.6 Å². The molecule has 0 fully saturated rings. The number of hydrogen-bond acceptors (Lipinski definition) is 2. The Morgan fingerprint density at radius 2 is 2.57 bits per heavy atom. The lowest BCUT2D eigenvalue weighted by Gasteiger charge is -1.85. The molecule has 1 atom stereocenters. The second-order valence-corrected chi connectivity index (χ2v) is 2.50. The normalized spacial score (nSPS) is 29.3. The molecule has 0 amide bonds. The molecule has 0 radical (unpaired) electrons. The lowest BCUT2D eigenvalue weighted by Crippen LogP contribution is -2.03. The van der Waals surface area contributed by atoms with Gasteiger partial charge in [0.2, 0.25) is 0 Å². The Labute approximate surface area is 43.8 Å². The van der Waals surface area contributed by atoms with Crippen molar-refractivity contribution in [3.63, 3.8) is 0 Å². The molecule has 1 heterocycles. The zero-order chi connectivity index (χ0) is 5.28. The fourth-order valence-electron chi connectivity index (χ4n) is 0.347. The highest BCUT2D eigenvalue weighted by molar-refractivity contribution is 7.94. The molecule has 0 aromatic heterocycles. The van der Waals surface area contributed by atoms with Gasteiger partial charge in [-0.2, -0.15) is 0 Å². The van der Waals surface area contributed by atoms with Gasteiger partial charge >= 0.3 is 5.88 Å². The second-order valence-electron chi connectivity index (χ2n) is 1.21. The summed E-state index contributed by atoms with van der Waals surface area (Å²) in [5.41, 5.74) is 0. The van der Waals surface area contributed by atoms with Crippen molar-refractivity contribution in [3.05, 3.63) is 16.5 Å². The number of rotatable bonds is 0. The first-order chi connectivity index (χ1) is 3.29. The van der Waals surface area contributed by atoms with Crippen molar-refractivity contribution in [2.45, 2.75) is 0 Å². The van der Waals surface area contributed by atoms with Gasteiger partial charge in [-0.3, -0.25) is 0 Å². The molecule has 0 bridgehead atoms. The topological polar surface area (TPSA) is 43.1 Å². The van der Waals surface area contributed by atoms with Crippen LogP contribution in [0.2, 0.25) is 0 Å². The lowest BCUT2D eigenvalue weighted by atomic mass is 11.0. The van der Waals surface area contributed by atoms with Crippen molar-refractivity contribution in [2.24, 2.45) is 0 Å². The Kier molecular flexibility index (Phi) is 1.12. The van der Waals surface area contributed by atoms with E-state index in [0.717, 1.165) is 0 Å². The SMILES string of the molecule is O=[N+]1C=C[S+]([O-])C1. The predicted molar refractivity (Wildman–Crippen MR) is 25.8 cm³/mol. The van der Waals surface area contributed by atoms with Gasteiger partial charge in [-0.1, -0.05) is 0 Å². The van der Waals surface area contributed by atoms with Gasteiger partial charge in [0.15, 0.2) is 5.41 Å². The molecule has 1 unspecified atom stereocenters. The third-order valence-corrected chi connectivity index (χ3v) is 1.57. The summed E-state index contributed by atoms with van der Waals surface area (Å²) >= 11 is -1.02. The van der Waals surface area contributed by atoms with Crippen LogP contribution in [0.1, 0.15) is 0 Å². The monoisotopic (exact) mass is 118 g/mol. The molecule has 0 saturated heterocycles. The predicted octanol–water partition coefficient (Wildman–Crippen LogP) is -0.0437. The summed E-state index contributed by atoms with van der Waals surface area (Å²) in [4.78, 5) is 10.1. The number of nitroso groups, excluding NO2 is 1. The molecule has 1 aliphatic heterocycles. The molecule has 3 nitrogen and oxygen atoms in total. The van der Waals surface area contributed by atoms with E-state index in [2.05, 4.69) is 0 Å². The van der Waals surface area contributed by atoms with Crippen molar-refractivity contribution < 1.29 is 9.31 Å². The van der Waals surface area contributed by atoms with E-state index >= 15 is 0 Å². The molecule has 0 aliphatic carbocycles. The van der Waals surface area contributed by atoms with Crippen molar-refractivity contribution in [1.29, 1.82) is 0 Å². The van der Waals surface area contributed by atoms with Crippen LogP contribution < -0.4 is 0 Å². The van der Waals surface area contributed by atoms with E-state index in [1.54, 1.807) is 0 Å². The van der Waals surface area contributed by atoms with Gasteiger partial charge in [-0.25, -0.2) is 0 Å².